The highest BCUT2D eigenvalue weighted by Gasteiger charge is 2.05. The van der Waals surface area contributed by atoms with Crippen molar-refractivity contribution in [3.63, 3.8) is 0 Å². The molecule has 0 radical (unpaired) electrons. The molecule has 0 aliphatic carbocycles. The minimum absolute atomic E-state index is 0.740. The predicted octanol–water partition coefficient (Wildman–Crippen LogP) is 2.23. The molecule has 15 heavy (non-hydrogen) atoms. The van der Waals surface area contributed by atoms with E-state index in [-0.39, 0.29) is 0 Å². The molecule has 2 rings (SSSR count). The number of aromatic nitrogens is 2. The molecular formula is C11H14BrN3. The van der Waals surface area contributed by atoms with E-state index in [1.807, 2.05) is 11.7 Å². The van der Waals surface area contributed by atoms with E-state index in [9.17, 15) is 0 Å². The van der Waals surface area contributed by atoms with Gasteiger partial charge in [-0.3, -0.25) is 4.68 Å². The lowest BCUT2D eigenvalue weighted by Crippen LogP contribution is -2.00. The van der Waals surface area contributed by atoms with Crippen molar-refractivity contribution >= 4 is 26.8 Å². The molecular weight excluding hydrogens is 254 g/mol. The van der Waals surface area contributed by atoms with Gasteiger partial charge >= 0.3 is 0 Å². The van der Waals surface area contributed by atoms with Crippen LogP contribution in [0, 0.1) is 0 Å². The summed E-state index contributed by atoms with van der Waals surface area (Å²) in [5.74, 6) is 0. The average Bonchev–Trinajstić information content (AvgIpc) is 2.52. The van der Waals surface area contributed by atoms with E-state index in [1.165, 1.54) is 5.56 Å². The Kier molecular flexibility index (Phi) is 3.07. The molecule has 0 spiro atoms. The molecule has 0 atom stereocenters. The van der Waals surface area contributed by atoms with Crippen LogP contribution in [0.2, 0.25) is 0 Å². The molecule has 1 aromatic carbocycles. The number of fused-ring (bicyclic) bond motifs is 1. The number of nitrogens with zero attached hydrogens (tertiary/aromatic N) is 2. The lowest BCUT2D eigenvalue weighted by molar-refractivity contribution is 0.761. The summed E-state index contributed by atoms with van der Waals surface area (Å²) in [5.41, 5.74) is 7.83. The van der Waals surface area contributed by atoms with E-state index in [0.717, 1.165) is 34.9 Å². The lowest BCUT2D eigenvalue weighted by Gasteiger charge is -1.98. The van der Waals surface area contributed by atoms with Gasteiger partial charge in [0.1, 0.15) is 4.60 Å². The van der Waals surface area contributed by atoms with Crippen LogP contribution in [0.4, 0.5) is 0 Å². The molecule has 1 heterocycles. The van der Waals surface area contributed by atoms with Crippen LogP contribution in [-0.4, -0.2) is 16.3 Å². The van der Waals surface area contributed by atoms with Crippen molar-refractivity contribution in [1.29, 1.82) is 0 Å². The maximum absolute atomic E-state index is 5.49. The summed E-state index contributed by atoms with van der Waals surface area (Å²) in [6, 6.07) is 6.39. The Morgan fingerprint density at radius 2 is 2.27 bits per heavy atom. The van der Waals surface area contributed by atoms with Gasteiger partial charge in [-0.25, -0.2) is 0 Å². The third kappa shape index (κ3) is 2.06. The topological polar surface area (TPSA) is 43.8 Å². The lowest BCUT2D eigenvalue weighted by atomic mass is 10.1. The zero-order valence-electron chi connectivity index (χ0n) is 8.70. The van der Waals surface area contributed by atoms with Gasteiger partial charge in [-0.1, -0.05) is 6.07 Å². The number of aryl methyl sites for hydroxylation is 2. The monoisotopic (exact) mass is 267 g/mol. The molecule has 0 amide bonds. The molecule has 0 aliphatic heterocycles. The van der Waals surface area contributed by atoms with E-state index in [4.69, 9.17) is 5.73 Å². The molecule has 0 fully saturated rings. The van der Waals surface area contributed by atoms with Gasteiger partial charge in [0, 0.05) is 12.4 Å². The van der Waals surface area contributed by atoms with Gasteiger partial charge in [-0.15, -0.1) is 0 Å². The van der Waals surface area contributed by atoms with Gasteiger partial charge in [0.2, 0.25) is 0 Å². The highest BCUT2D eigenvalue weighted by Crippen LogP contribution is 2.24. The Labute approximate surface area is 97.4 Å². The van der Waals surface area contributed by atoms with E-state index >= 15 is 0 Å². The Balaban J connectivity index is 2.39. The largest absolute Gasteiger partial charge is 0.330 e. The van der Waals surface area contributed by atoms with Crippen LogP contribution in [0.3, 0.4) is 0 Å². The van der Waals surface area contributed by atoms with Crippen molar-refractivity contribution in [1.82, 2.24) is 9.78 Å². The molecule has 0 bridgehead atoms. The Hall–Kier alpha value is -0.870. The molecule has 4 heteroatoms. The van der Waals surface area contributed by atoms with Crippen molar-refractivity contribution in [2.75, 3.05) is 6.54 Å². The van der Waals surface area contributed by atoms with Crippen molar-refractivity contribution in [2.24, 2.45) is 12.8 Å². The van der Waals surface area contributed by atoms with Crippen LogP contribution in [0.1, 0.15) is 12.0 Å². The molecule has 80 valence electrons. The summed E-state index contributed by atoms with van der Waals surface area (Å²) in [6.07, 6.45) is 2.06. The minimum Gasteiger partial charge on any atom is -0.330 e. The van der Waals surface area contributed by atoms with Gasteiger partial charge in [-0.05, 0) is 53.0 Å². The van der Waals surface area contributed by atoms with Crippen LogP contribution in [0.5, 0.6) is 0 Å². The number of hydrogen-bond donors (Lipinski definition) is 1. The highest BCUT2D eigenvalue weighted by molar-refractivity contribution is 9.10. The fourth-order valence-corrected chi connectivity index (χ4v) is 2.09. The molecule has 0 saturated carbocycles. The molecule has 1 aromatic heterocycles. The van der Waals surface area contributed by atoms with Crippen molar-refractivity contribution in [2.45, 2.75) is 12.8 Å². The van der Waals surface area contributed by atoms with Gasteiger partial charge < -0.3 is 5.73 Å². The first-order valence-electron chi connectivity index (χ1n) is 5.03. The van der Waals surface area contributed by atoms with Crippen molar-refractivity contribution < 1.29 is 0 Å². The zero-order valence-corrected chi connectivity index (χ0v) is 10.3. The van der Waals surface area contributed by atoms with Crippen LogP contribution in [0.25, 0.3) is 10.9 Å². The van der Waals surface area contributed by atoms with Crippen LogP contribution in [0.15, 0.2) is 22.8 Å². The summed E-state index contributed by atoms with van der Waals surface area (Å²) in [6.45, 7) is 0.740. The standard InChI is InChI=1S/C11H14BrN3/c1-15-11(12)9-5-4-8(3-2-6-13)7-10(9)14-15/h4-5,7H,2-3,6,13H2,1H3. The first-order chi connectivity index (χ1) is 7.22. The van der Waals surface area contributed by atoms with Crippen LogP contribution in [-0.2, 0) is 13.5 Å². The molecule has 0 saturated heterocycles. The second-order valence-electron chi connectivity index (χ2n) is 3.66. The molecule has 2 N–H and O–H groups in total. The number of nitrogens with two attached hydrogens (primary N) is 1. The normalized spacial score (nSPS) is 11.1. The van der Waals surface area contributed by atoms with Gasteiger partial charge in [0.05, 0.1) is 5.52 Å². The molecule has 0 unspecified atom stereocenters. The molecule has 3 nitrogen and oxygen atoms in total. The Morgan fingerprint density at radius 1 is 1.47 bits per heavy atom. The van der Waals surface area contributed by atoms with Gasteiger partial charge in [0.15, 0.2) is 0 Å². The van der Waals surface area contributed by atoms with Gasteiger partial charge in [-0.2, -0.15) is 5.10 Å². The quantitative estimate of drug-likeness (QED) is 0.927. The first kappa shape index (κ1) is 10.6. The van der Waals surface area contributed by atoms with Crippen LogP contribution < -0.4 is 5.73 Å². The van der Waals surface area contributed by atoms with E-state index < -0.39 is 0 Å². The van der Waals surface area contributed by atoms with Gasteiger partial charge in [0.25, 0.3) is 0 Å². The van der Waals surface area contributed by atoms with E-state index in [2.05, 4.69) is 39.2 Å². The maximum Gasteiger partial charge on any atom is 0.111 e. The van der Waals surface area contributed by atoms with Crippen molar-refractivity contribution in [3.05, 3.63) is 28.4 Å². The Bertz CT molecular complexity index is 476. The summed E-state index contributed by atoms with van der Waals surface area (Å²) >= 11 is 3.51. The van der Waals surface area contributed by atoms with E-state index in [0.29, 0.717) is 0 Å². The SMILES string of the molecule is Cn1nc2cc(CCCN)ccc2c1Br. The van der Waals surface area contributed by atoms with Crippen LogP contribution >= 0.6 is 15.9 Å². The average molecular weight is 268 g/mol. The predicted molar refractivity (Wildman–Crippen MR) is 65.8 cm³/mol. The minimum atomic E-state index is 0.740. The second-order valence-corrected chi connectivity index (χ2v) is 4.41. The van der Waals surface area contributed by atoms with Crippen molar-refractivity contribution in [3.8, 4) is 0 Å². The highest BCUT2D eigenvalue weighted by atomic mass is 79.9. The number of benzene rings is 1. The van der Waals surface area contributed by atoms with E-state index in [1.54, 1.807) is 0 Å². The number of rotatable bonds is 3. The fraction of sp³-hybridized carbons (Fsp3) is 0.364. The summed E-state index contributed by atoms with van der Waals surface area (Å²) in [5, 5.41) is 5.58. The first-order valence-corrected chi connectivity index (χ1v) is 5.83. The summed E-state index contributed by atoms with van der Waals surface area (Å²) in [4.78, 5) is 0. The Morgan fingerprint density at radius 3 is 3.00 bits per heavy atom. The molecule has 0 aliphatic rings. The smallest absolute Gasteiger partial charge is 0.111 e. The maximum atomic E-state index is 5.49. The second kappa shape index (κ2) is 4.33. The summed E-state index contributed by atoms with van der Waals surface area (Å²) < 4.78 is 2.88. The third-order valence-electron chi connectivity index (χ3n) is 2.50. The zero-order chi connectivity index (χ0) is 10.8. The molecule has 2 aromatic rings. The third-order valence-corrected chi connectivity index (χ3v) is 3.44. The number of hydrogen-bond acceptors (Lipinski definition) is 2. The number of halogens is 1. The fourth-order valence-electron chi connectivity index (χ4n) is 1.68. The summed E-state index contributed by atoms with van der Waals surface area (Å²) in [7, 11) is 1.93.